The Morgan fingerprint density at radius 2 is 1.80 bits per heavy atom. The predicted molar refractivity (Wildman–Crippen MR) is 116 cm³/mol. The van der Waals surface area contributed by atoms with E-state index in [1.165, 1.54) is 6.20 Å². The molecule has 7 nitrogen and oxygen atoms in total. The van der Waals surface area contributed by atoms with Gasteiger partial charge in [-0.3, -0.25) is 4.79 Å². The number of rotatable bonds is 5. The minimum Gasteiger partial charge on any atom is -0.368 e. The second kappa shape index (κ2) is 8.16. The van der Waals surface area contributed by atoms with Gasteiger partial charge in [-0.2, -0.15) is 5.10 Å². The van der Waals surface area contributed by atoms with E-state index >= 15 is 0 Å². The lowest BCUT2D eigenvalue weighted by Crippen LogP contribution is -2.27. The number of anilines is 1. The standard InChI is InChI=1S/C23H22N6O/c1-16-8-6-7-11-20(16)29-15-17(12-26-29)14-28(2)22(30)19-13-25-23(24)27-21(19)18-9-4-3-5-10-18/h3-13,15H,14H2,1-2H3,(H2,24,25,27). The van der Waals surface area contributed by atoms with Gasteiger partial charge in [0.1, 0.15) is 0 Å². The first kappa shape index (κ1) is 19.3. The molecular formula is C23H22N6O. The van der Waals surface area contributed by atoms with E-state index in [-0.39, 0.29) is 11.9 Å². The van der Waals surface area contributed by atoms with Gasteiger partial charge in [0.2, 0.25) is 5.95 Å². The molecule has 2 heterocycles. The van der Waals surface area contributed by atoms with Crippen LogP contribution in [0.25, 0.3) is 16.9 Å². The molecule has 4 rings (SSSR count). The van der Waals surface area contributed by atoms with Crippen LogP contribution in [0.15, 0.2) is 73.2 Å². The van der Waals surface area contributed by atoms with Crippen molar-refractivity contribution in [2.45, 2.75) is 13.5 Å². The van der Waals surface area contributed by atoms with Gasteiger partial charge in [0.15, 0.2) is 0 Å². The number of hydrogen-bond acceptors (Lipinski definition) is 5. The number of hydrogen-bond donors (Lipinski definition) is 1. The molecule has 0 radical (unpaired) electrons. The summed E-state index contributed by atoms with van der Waals surface area (Å²) >= 11 is 0. The molecule has 0 aliphatic carbocycles. The minimum absolute atomic E-state index is 0.132. The number of benzene rings is 2. The fraction of sp³-hybridized carbons (Fsp3) is 0.130. The summed E-state index contributed by atoms with van der Waals surface area (Å²) in [6.45, 7) is 2.45. The van der Waals surface area contributed by atoms with Crippen molar-refractivity contribution in [1.82, 2.24) is 24.6 Å². The zero-order valence-electron chi connectivity index (χ0n) is 16.9. The summed E-state index contributed by atoms with van der Waals surface area (Å²) < 4.78 is 1.82. The highest BCUT2D eigenvalue weighted by atomic mass is 16.2. The number of para-hydroxylation sites is 1. The normalized spacial score (nSPS) is 10.7. The predicted octanol–water partition coefficient (Wildman–Crippen LogP) is 3.49. The molecule has 2 aromatic heterocycles. The van der Waals surface area contributed by atoms with E-state index in [2.05, 4.69) is 15.1 Å². The Balaban J connectivity index is 1.58. The lowest BCUT2D eigenvalue weighted by Gasteiger charge is -2.18. The quantitative estimate of drug-likeness (QED) is 0.556. The van der Waals surface area contributed by atoms with Crippen molar-refractivity contribution in [2.24, 2.45) is 0 Å². The summed E-state index contributed by atoms with van der Waals surface area (Å²) in [4.78, 5) is 23.1. The van der Waals surface area contributed by atoms with Crippen LogP contribution in [0.5, 0.6) is 0 Å². The lowest BCUT2D eigenvalue weighted by molar-refractivity contribution is 0.0785. The molecule has 0 aliphatic rings. The lowest BCUT2D eigenvalue weighted by atomic mass is 10.1. The Bertz CT molecular complexity index is 1190. The molecule has 0 fully saturated rings. The number of amides is 1. The molecular weight excluding hydrogens is 376 g/mol. The first-order chi connectivity index (χ1) is 14.5. The Morgan fingerprint density at radius 3 is 2.57 bits per heavy atom. The van der Waals surface area contributed by atoms with E-state index in [4.69, 9.17) is 5.73 Å². The van der Waals surface area contributed by atoms with Gasteiger partial charge < -0.3 is 10.6 Å². The van der Waals surface area contributed by atoms with E-state index in [1.807, 2.05) is 72.4 Å². The smallest absolute Gasteiger partial charge is 0.257 e. The maximum absolute atomic E-state index is 13.2. The molecule has 0 saturated carbocycles. The van der Waals surface area contributed by atoms with Gasteiger partial charge >= 0.3 is 0 Å². The molecule has 1 amide bonds. The number of nitrogens with zero attached hydrogens (tertiary/aromatic N) is 5. The zero-order chi connectivity index (χ0) is 21.1. The number of nitrogens with two attached hydrogens (primary N) is 1. The van der Waals surface area contributed by atoms with E-state index in [0.29, 0.717) is 17.8 Å². The molecule has 2 aromatic carbocycles. The average Bonchev–Trinajstić information content (AvgIpc) is 3.22. The third-order valence-electron chi connectivity index (χ3n) is 4.85. The van der Waals surface area contributed by atoms with Crippen LogP contribution in [-0.2, 0) is 6.54 Å². The number of carbonyl (C=O) groups is 1. The molecule has 30 heavy (non-hydrogen) atoms. The van der Waals surface area contributed by atoms with Crippen molar-refractivity contribution < 1.29 is 4.79 Å². The molecule has 0 aliphatic heterocycles. The average molecular weight is 398 g/mol. The Kier molecular flexibility index (Phi) is 5.26. The van der Waals surface area contributed by atoms with Crippen LogP contribution in [-0.4, -0.2) is 37.6 Å². The molecule has 0 spiro atoms. The van der Waals surface area contributed by atoms with Crippen molar-refractivity contribution in [1.29, 1.82) is 0 Å². The van der Waals surface area contributed by atoms with Crippen LogP contribution in [0.2, 0.25) is 0 Å². The van der Waals surface area contributed by atoms with Gasteiger partial charge in [-0.05, 0) is 18.6 Å². The van der Waals surface area contributed by atoms with Crippen molar-refractivity contribution in [3.63, 3.8) is 0 Å². The van der Waals surface area contributed by atoms with Crippen molar-refractivity contribution in [3.8, 4) is 16.9 Å². The van der Waals surface area contributed by atoms with Gasteiger partial charge in [-0.15, -0.1) is 0 Å². The molecule has 0 saturated heterocycles. The second-order valence-corrected chi connectivity index (χ2v) is 7.10. The molecule has 150 valence electrons. The molecule has 0 bridgehead atoms. The van der Waals surface area contributed by atoms with Crippen LogP contribution in [0.3, 0.4) is 0 Å². The van der Waals surface area contributed by atoms with Crippen LogP contribution >= 0.6 is 0 Å². The summed E-state index contributed by atoms with van der Waals surface area (Å²) in [5, 5.41) is 4.45. The van der Waals surface area contributed by atoms with Gasteiger partial charge in [0, 0.05) is 37.1 Å². The topological polar surface area (TPSA) is 89.9 Å². The first-order valence-corrected chi connectivity index (χ1v) is 9.56. The summed E-state index contributed by atoms with van der Waals surface area (Å²) in [5.74, 6) is -0.0509. The summed E-state index contributed by atoms with van der Waals surface area (Å²) in [6.07, 6.45) is 5.19. The Hall–Kier alpha value is -4.00. The van der Waals surface area contributed by atoms with Gasteiger partial charge in [-0.1, -0.05) is 48.5 Å². The summed E-state index contributed by atoms with van der Waals surface area (Å²) in [5.41, 5.74) is 10.6. The summed E-state index contributed by atoms with van der Waals surface area (Å²) in [7, 11) is 1.75. The van der Waals surface area contributed by atoms with Crippen LogP contribution in [0, 0.1) is 6.92 Å². The molecule has 0 unspecified atom stereocenters. The maximum atomic E-state index is 13.2. The Labute approximate surface area is 174 Å². The van der Waals surface area contributed by atoms with Gasteiger partial charge in [0.25, 0.3) is 5.91 Å². The molecule has 7 heteroatoms. The summed E-state index contributed by atoms with van der Waals surface area (Å²) in [6, 6.07) is 17.5. The first-order valence-electron chi connectivity index (χ1n) is 9.56. The van der Waals surface area contributed by atoms with Crippen LogP contribution < -0.4 is 5.73 Å². The fourth-order valence-electron chi connectivity index (χ4n) is 3.31. The van der Waals surface area contributed by atoms with Crippen molar-refractivity contribution >= 4 is 11.9 Å². The highest BCUT2D eigenvalue weighted by molar-refractivity contribution is 5.99. The highest BCUT2D eigenvalue weighted by Crippen LogP contribution is 2.23. The molecule has 0 atom stereocenters. The molecule has 4 aromatic rings. The van der Waals surface area contributed by atoms with Gasteiger partial charge in [-0.25, -0.2) is 14.6 Å². The van der Waals surface area contributed by atoms with Crippen LogP contribution in [0.4, 0.5) is 5.95 Å². The zero-order valence-corrected chi connectivity index (χ0v) is 16.9. The van der Waals surface area contributed by atoms with E-state index in [0.717, 1.165) is 22.4 Å². The van der Waals surface area contributed by atoms with E-state index < -0.39 is 0 Å². The Morgan fingerprint density at radius 1 is 1.07 bits per heavy atom. The fourth-order valence-corrected chi connectivity index (χ4v) is 3.31. The number of carbonyl (C=O) groups excluding carboxylic acids is 1. The van der Waals surface area contributed by atoms with Gasteiger partial charge in [0.05, 0.1) is 23.1 Å². The van der Waals surface area contributed by atoms with Crippen molar-refractivity contribution in [2.75, 3.05) is 12.8 Å². The van der Waals surface area contributed by atoms with E-state index in [9.17, 15) is 4.79 Å². The number of aryl methyl sites for hydroxylation is 1. The second-order valence-electron chi connectivity index (χ2n) is 7.10. The SMILES string of the molecule is Cc1ccccc1-n1cc(CN(C)C(=O)c2cnc(N)nc2-c2ccccc2)cn1. The van der Waals surface area contributed by atoms with E-state index in [1.54, 1.807) is 18.1 Å². The van der Waals surface area contributed by atoms with Crippen LogP contribution in [0.1, 0.15) is 21.5 Å². The molecule has 2 N–H and O–H groups in total. The maximum Gasteiger partial charge on any atom is 0.257 e. The monoisotopic (exact) mass is 398 g/mol. The number of aromatic nitrogens is 4. The largest absolute Gasteiger partial charge is 0.368 e. The third-order valence-corrected chi connectivity index (χ3v) is 4.85. The third kappa shape index (κ3) is 3.91. The highest BCUT2D eigenvalue weighted by Gasteiger charge is 2.20. The number of nitrogen functional groups attached to an aromatic ring is 1. The van der Waals surface area contributed by atoms with Crippen molar-refractivity contribution in [3.05, 3.63) is 89.9 Å². The minimum atomic E-state index is -0.183.